The molecule has 0 saturated heterocycles. The number of anilines is 2. The van der Waals surface area contributed by atoms with Crippen LogP contribution in [0.15, 0.2) is 36.5 Å². The minimum Gasteiger partial charge on any atom is -0.332 e. The summed E-state index contributed by atoms with van der Waals surface area (Å²) in [5.41, 5.74) is 3.35. The standard InChI is InChI=1S/C14H14ClN3S/c1-9-3-5-12(10(2)7-9)17-14(19)18-13-6-4-11(15)8-16-13/h3-8H,1-2H3,(H2,16,17,18,19). The van der Waals surface area contributed by atoms with Crippen LogP contribution < -0.4 is 10.6 Å². The van der Waals surface area contributed by atoms with Gasteiger partial charge in [-0.2, -0.15) is 0 Å². The molecule has 0 amide bonds. The quantitative estimate of drug-likeness (QED) is 0.815. The molecule has 1 aromatic heterocycles. The number of rotatable bonds is 2. The van der Waals surface area contributed by atoms with Crippen LogP contribution >= 0.6 is 23.8 Å². The van der Waals surface area contributed by atoms with E-state index in [1.54, 1.807) is 18.3 Å². The van der Waals surface area contributed by atoms with E-state index in [1.165, 1.54) is 5.56 Å². The number of benzene rings is 1. The first-order valence-corrected chi connectivity index (χ1v) is 6.60. The van der Waals surface area contributed by atoms with Crippen molar-refractivity contribution in [2.45, 2.75) is 13.8 Å². The Morgan fingerprint density at radius 1 is 1.16 bits per heavy atom. The lowest BCUT2D eigenvalue weighted by Crippen LogP contribution is -2.20. The average Bonchev–Trinajstić information content (AvgIpc) is 2.36. The number of hydrogen-bond donors (Lipinski definition) is 2. The third kappa shape index (κ3) is 3.91. The Balaban J connectivity index is 2.03. The van der Waals surface area contributed by atoms with E-state index in [2.05, 4.69) is 28.6 Å². The fourth-order valence-corrected chi connectivity index (χ4v) is 2.00. The van der Waals surface area contributed by atoms with Crippen LogP contribution in [0.3, 0.4) is 0 Å². The predicted molar refractivity (Wildman–Crippen MR) is 85.0 cm³/mol. The maximum atomic E-state index is 5.77. The second-order valence-electron chi connectivity index (χ2n) is 4.26. The summed E-state index contributed by atoms with van der Waals surface area (Å²) in [5, 5.41) is 7.26. The first kappa shape index (κ1) is 13.8. The van der Waals surface area contributed by atoms with Crippen molar-refractivity contribution in [1.29, 1.82) is 0 Å². The van der Waals surface area contributed by atoms with Crippen LogP contribution in [0.25, 0.3) is 0 Å². The van der Waals surface area contributed by atoms with Gasteiger partial charge in [0, 0.05) is 11.9 Å². The maximum absolute atomic E-state index is 5.77. The highest BCUT2D eigenvalue weighted by molar-refractivity contribution is 7.80. The zero-order valence-electron chi connectivity index (χ0n) is 10.7. The fraction of sp³-hybridized carbons (Fsp3) is 0.143. The minimum absolute atomic E-state index is 0.502. The minimum atomic E-state index is 0.502. The van der Waals surface area contributed by atoms with Crippen molar-refractivity contribution in [2.75, 3.05) is 10.6 Å². The highest BCUT2D eigenvalue weighted by Crippen LogP contribution is 2.16. The highest BCUT2D eigenvalue weighted by atomic mass is 35.5. The van der Waals surface area contributed by atoms with Crippen LogP contribution in [0.4, 0.5) is 11.5 Å². The number of hydrogen-bond acceptors (Lipinski definition) is 2. The summed E-state index contributed by atoms with van der Waals surface area (Å²) in [7, 11) is 0. The van der Waals surface area contributed by atoms with Gasteiger partial charge in [-0.15, -0.1) is 0 Å². The van der Waals surface area contributed by atoms with Gasteiger partial charge in [0.15, 0.2) is 5.11 Å². The molecule has 0 aliphatic rings. The van der Waals surface area contributed by atoms with Gasteiger partial charge < -0.3 is 10.6 Å². The maximum Gasteiger partial charge on any atom is 0.176 e. The van der Waals surface area contributed by atoms with Crippen LogP contribution in [0.2, 0.25) is 5.02 Å². The smallest absolute Gasteiger partial charge is 0.176 e. The average molecular weight is 292 g/mol. The molecule has 98 valence electrons. The van der Waals surface area contributed by atoms with E-state index >= 15 is 0 Å². The predicted octanol–water partition coefficient (Wildman–Crippen LogP) is 4.16. The van der Waals surface area contributed by atoms with Gasteiger partial charge in [-0.3, -0.25) is 0 Å². The molecule has 0 fully saturated rings. The Kier molecular flexibility index (Phi) is 4.35. The molecule has 2 aromatic rings. The molecule has 0 radical (unpaired) electrons. The summed E-state index contributed by atoms with van der Waals surface area (Å²) >= 11 is 11.0. The lowest BCUT2D eigenvalue weighted by molar-refractivity contribution is 1.32. The van der Waals surface area contributed by atoms with E-state index < -0.39 is 0 Å². The normalized spacial score (nSPS) is 10.1. The Labute approximate surface area is 123 Å². The third-order valence-electron chi connectivity index (χ3n) is 2.60. The molecule has 0 bridgehead atoms. The number of nitrogens with one attached hydrogen (secondary N) is 2. The third-order valence-corrected chi connectivity index (χ3v) is 3.03. The van der Waals surface area contributed by atoms with Crippen LogP contribution in [-0.2, 0) is 0 Å². The molecular formula is C14H14ClN3S. The SMILES string of the molecule is Cc1ccc(NC(=S)Nc2ccc(Cl)cn2)c(C)c1. The fourth-order valence-electron chi connectivity index (χ4n) is 1.67. The zero-order chi connectivity index (χ0) is 13.8. The molecular weight excluding hydrogens is 278 g/mol. The van der Waals surface area contributed by atoms with Crippen LogP contribution in [0.5, 0.6) is 0 Å². The van der Waals surface area contributed by atoms with Crippen molar-refractivity contribution in [2.24, 2.45) is 0 Å². The topological polar surface area (TPSA) is 37.0 Å². The summed E-state index contributed by atoms with van der Waals surface area (Å²) in [6.07, 6.45) is 1.57. The van der Waals surface area contributed by atoms with Gasteiger partial charge in [-0.1, -0.05) is 29.3 Å². The van der Waals surface area contributed by atoms with Gasteiger partial charge in [-0.05, 0) is 49.8 Å². The summed E-state index contributed by atoms with van der Waals surface area (Å²) in [4.78, 5) is 4.13. The van der Waals surface area contributed by atoms with Gasteiger partial charge in [0.2, 0.25) is 0 Å². The molecule has 0 aliphatic carbocycles. The molecule has 3 nitrogen and oxygen atoms in total. The molecule has 2 rings (SSSR count). The summed E-state index contributed by atoms with van der Waals surface area (Å²) in [5.74, 6) is 0.659. The molecule has 0 atom stereocenters. The van der Waals surface area contributed by atoms with Crippen LogP contribution in [-0.4, -0.2) is 10.1 Å². The number of halogens is 1. The second kappa shape index (κ2) is 5.99. The molecule has 5 heteroatoms. The first-order valence-electron chi connectivity index (χ1n) is 5.81. The van der Waals surface area contributed by atoms with Gasteiger partial charge in [0.25, 0.3) is 0 Å². The Morgan fingerprint density at radius 2 is 1.95 bits per heavy atom. The molecule has 1 heterocycles. The summed E-state index contributed by atoms with van der Waals surface area (Å²) in [6.45, 7) is 4.10. The molecule has 1 aromatic carbocycles. The van der Waals surface area contributed by atoms with E-state index in [0.717, 1.165) is 11.3 Å². The van der Waals surface area contributed by atoms with E-state index in [4.69, 9.17) is 23.8 Å². The van der Waals surface area contributed by atoms with Gasteiger partial charge in [0.05, 0.1) is 5.02 Å². The van der Waals surface area contributed by atoms with Crippen LogP contribution in [0.1, 0.15) is 11.1 Å². The van der Waals surface area contributed by atoms with Gasteiger partial charge in [-0.25, -0.2) is 4.98 Å². The molecule has 19 heavy (non-hydrogen) atoms. The van der Waals surface area contributed by atoms with Crippen molar-refractivity contribution >= 4 is 40.4 Å². The highest BCUT2D eigenvalue weighted by Gasteiger charge is 2.02. The number of thiocarbonyl (C=S) groups is 1. The largest absolute Gasteiger partial charge is 0.332 e. The van der Waals surface area contributed by atoms with Crippen molar-refractivity contribution in [3.05, 3.63) is 52.7 Å². The summed E-state index contributed by atoms with van der Waals surface area (Å²) in [6, 6.07) is 9.69. The van der Waals surface area contributed by atoms with Gasteiger partial charge in [0.1, 0.15) is 5.82 Å². The van der Waals surface area contributed by atoms with Crippen molar-refractivity contribution in [3.63, 3.8) is 0 Å². The first-order chi connectivity index (χ1) is 9.04. The Morgan fingerprint density at radius 3 is 2.58 bits per heavy atom. The van der Waals surface area contributed by atoms with E-state index in [9.17, 15) is 0 Å². The second-order valence-corrected chi connectivity index (χ2v) is 5.10. The molecule has 0 aliphatic heterocycles. The Hall–Kier alpha value is -1.65. The lowest BCUT2D eigenvalue weighted by Gasteiger charge is -2.12. The zero-order valence-corrected chi connectivity index (χ0v) is 12.3. The monoisotopic (exact) mass is 291 g/mol. The number of pyridine rings is 1. The molecule has 0 saturated carbocycles. The van der Waals surface area contributed by atoms with Crippen molar-refractivity contribution in [3.8, 4) is 0 Å². The van der Waals surface area contributed by atoms with Crippen molar-refractivity contribution < 1.29 is 0 Å². The number of nitrogens with zero attached hydrogens (tertiary/aromatic N) is 1. The summed E-state index contributed by atoms with van der Waals surface area (Å²) < 4.78 is 0. The Bertz CT molecular complexity index is 596. The van der Waals surface area contributed by atoms with Crippen LogP contribution in [0, 0.1) is 13.8 Å². The number of aryl methyl sites for hydroxylation is 2. The lowest BCUT2D eigenvalue weighted by atomic mass is 10.1. The van der Waals surface area contributed by atoms with Gasteiger partial charge >= 0.3 is 0 Å². The van der Waals surface area contributed by atoms with E-state index in [0.29, 0.717) is 16.0 Å². The molecule has 2 N–H and O–H groups in total. The molecule has 0 spiro atoms. The van der Waals surface area contributed by atoms with E-state index in [1.807, 2.05) is 19.1 Å². The van der Waals surface area contributed by atoms with E-state index in [-0.39, 0.29) is 0 Å². The molecule has 0 unspecified atom stereocenters. The van der Waals surface area contributed by atoms with Crippen molar-refractivity contribution in [1.82, 2.24) is 4.98 Å². The number of aromatic nitrogens is 1.